The van der Waals surface area contributed by atoms with Crippen LogP contribution in [0.2, 0.25) is 0 Å². The van der Waals surface area contributed by atoms with Gasteiger partial charge in [-0.1, -0.05) is 12.1 Å². The molecule has 3 heteroatoms. The fraction of sp³-hybridized carbons (Fsp3) is 0.375. The van der Waals surface area contributed by atoms with Crippen molar-refractivity contribution < 1.29 is 9.50 Å². The van der Waals surface area contributed by atoms with Gasteiger partial charge in [0.05, 0.1) is 12.1 Å². The molecular formula is C16H18FNO. The van der Waals surface area contributed by atoms with Gasteiger partial charge in [-0.2, -0.15) is 0 Å². The van der Waals surface area contributed by atoms with Crippen molar-refractivity contribution in [1.82, 2.24) is 4.57 Å². The van der Waals surface area contributed by atoms with Crippen molar-refractivity contribution in [2.45, 2.75) is 38.3 Å². The Morgan fingerprint density at radius 2 is 2.21 bits per heavy atom. The van der Waals surface area contributed by atoms with E-state index in [0.717, 1.165) is 30.4 Å². The Bertz CT molecular complexity index is 590. The lowest BCUT2D eigenvalue weighted by Gasteiger charge is -2.23. The van der Waals surface area contributed by atoms with Crippen LogP contribution in [-0.4, -0.2) is 9.67 Å². The molecule has 100 valence electrons. The third-order valence-corrected chi connectivity index (χ3v) is 4.06. The molecule has 1 heterocycles. The van der Waals surface area contributed by atoms with Crippen LogP contribution in [0.4, 0.5) is 4.39 Å². The number of aliphatic hydroxyl groups excluding tert-OH is 1. The van der Waals surface area contributed by atoms with Gasteiger partial charge in [-0.05, 0) is 49.9 Å². The van der Waals surface area contributed by atoms with Gasteiger partial charge in [-0.25, -0.2) is 4.39 Å². The van der Waals surface area contributed by atoms with E-state index in [0.29, 0.717) is 0 Å². The molecule has 0 saturated carbocycles. The second-order valence-electron chi connectivity index (χ2n) is 5.26. The Morgan fingerprint density at radius 1 is 1.37 bits per heavy atom. The molecule has 1 aliphatic rings. The van der Waals surface area contributed by atoms with Crippen LogP contribution in [0, 0.1) is 5.82 Å². The van der Waals surface area contributed by atoms with E-state index < -0.39 is 0 Å². The van der Waals surface area contributed by atoms with Crippen LogP contribution in [0.3, 0.4) is 0 Å². The molecule has 2 aromatic rings. The van der Waals surface area contributed by atoms with Crippen molar-refractivity contribution in [2.75, 3.05) is 0 Å². The monoisotopic (exact) mass is 259 g/mol. The quantitative estimate of drug-likeness (QED) is 0.875. The van der Waals surface area contributed by atoms with Gasteiger partial charge < -0.3 is 9.67 Å². The topological polar surface area (TPSA) is 25.2 Å². The summed E-state index contributed by atoms with van der Waals surface area (Å²) < 4.78 is 15.5. The molecular weight excluding hydrogens is 241 g/mol. The highest BCUT2D eigenvalue weighted by Crippen LogP contribution is 2.33. The van der Waals surface area contributed by atoms with E-state index in [-0.39, 0.29) is 18.0 Å². The summed E-state index contributed by atoms with van der Waals surface area (Å²) in [6, 6.07) is 8.81. The van der Waals surface area contributed by atoms with Gasteiger partial charge >= 0.3 is 0 Å². The van der Waals surface area contributed by atoms with E-state index in [4.69, 9.17) is 0 Å². The summed E-state index contributed by atoms with van der Waals surface area (Å²) in [6.07, 6.45) is 4.50. The molecule has 2 atom stereocenters. The highest BCUT2D eigenvalue weighted by Gasteiger charge is 2.23. The highest BCUT2D eigenvalue weighted by atomic mass is 19.1. The fourth-order valence-electron chi connectivity index (χ4n) is 2.98. The molecule has 0 fully saturated rings. The van der Waals surface area contributed by atoms with Gasteiger partial charge in [0.25, 0.3) is 0 Å². The lowest BCUT2D eigenvalue weighted by atomic mass is 9.95. The van der Waals surface area contributed by atoms with Gasteiger partial charge in [0.15, 0.2) is 0 Å². The van der Waals surface area contributed by atoms with E-state index in [2.05, 4.69) is 11.5 Å². The molecule has 19 heavy (non-hydrogen) atoms. The van der Waals surface area contributed by atoms with Crippen LogP contribution in [0.25, 0.3) is 0 Å². The molecule has 2 unspecified atom stereocenters. The smallest absolute Gasteiger partial charge is 0.123 e. The van der Waals surface area contributed by atoms with Crippen molar-refractivity contribution in [2.24, 2.45) is 0 Å². The van der Waals surface area contributed by atoms with Crippen LogP contribution >= 0.6 is 0 Å². The van der Waals surface area contributed by atoms with Crippen molar-refractivity contribution in [3.63, 3.8) is 0 Å². The van der Waals surface area contributed by atoms with Crippen LogP contribution in [-0.2, 0) is 6.42 Å². The largest absolute Gasteiger partial charge is 0.388 e. The minimum absolute atomic E-state index is 0.0877. The van der Waals surface area contributed by atoms with Gasteiger partial charge in [-0.15, -0.1) is 0 Å². The summed E-state index contributed by atoms with van der Waals surface area (Å²) in [7, 11) is 0. The van der Waals surface area contributed by atoms with Crippen LogP contribution in [0.5, 0.6) is 0 Å². The zero-order valence-corrected chi connectivity index (χ0v) is 11.0. The zero-order valence-electron chi connectivity index (χ0n) is 11.0. The summed E-state index contributed by atoms with van der Waals surface area (Å²) in [4.78, 5) is 0. The lowest BCUT2D eigenvalue weighted by Crippen LogP contribution is -2.15. The number of fused-ring (bicyclic) bond motifs is 1. The first-order valence-electron chi connectivity index (χ1n) is 6.80. The Balaban J connectivity index is 1.99. The minimum Gasteiger partial charge on any atom is -0.388 e. The van der Waals surface area contributed by atoms with E-state index in [9.17, 15) is 9.50 Å². The molecule has 0 radical (unpaired) electrons. The first-order valence-corrected chi connectivity index (χ1v) is 6.80. The maximum atomic E-state index is 13.3. The molecule has 1 N–H and O–H groups in total. The summed E-state index contributed by atoms with van der Waals surface area (Å²) >= 11 is 0. The zero-order chi connectivity index (χ0) is 13.4. The first-order chi connectivity index (χ1) is 9.16. The van der Waals surface area contributed by atoms with E-state index in [1.54, 1.807) is 12.1 Å². The molecule has 2 nitrogen and oxygen atoms in total. The van der Waals surface area contributed by atoms with E-state index in [1.165, 1.54) is 11.8 Å². The number of benzene rings is 1. The Labute approximate surface area is 112 Å². The molecule has 0 bridgehead atoms. The fourth-order valence-corrected chi connectivity index (χ4v) is 2.98. The predicted octanol–water partition coefficient (Wildman–Crippen LogP) is 3.61. The second-order valence-corrected chi connectivity index (χ2v) is 5.26. The maximum absolute atomic E-state index is 13.3. The highest BCUT2D eigenvalue weighted by molar-refractivity contribution is 5.30. The molecule has 1 aromatic heterocycles. The van der Waals surface area contributed by atoms with Gasteiger partial charge in [0.2, 0.25) is 0 Å². The molecule has 0 aliphatic heterocycles. The normalized spacial score (nSPS) is 20.1. The Kier molecular flexibility index (Phi) is 3.15. The number of hydrogen-bond acceptors (Lipinski definition) is 1. The lowest BCUT2D eigenvalue weighted by molar-refractivity contribution is 0.155. The van der Waals surface area contributed by atoms with Crippen molar-refractivity contribution in [3.8, 4) is 0 Å². The maximum Gasteiger partial charge on any atom is 0.123 e. The average molecular weight is 259 g/mol. The third-order valence-electron chi connectivity index (χ3n) is 4.06. The summed E-state index contributed by atoms with van der Waals surface area (Å²) in [5.74, 6) is -0.203. The van der Waals surface area contributed by atoms with Crippen LogP contribution < -0.4 is 0 Å². The van der Waals surface area contributed by atoms with Gasteiger partial charge in [-0.3, -0.25) is 0 Å². The molecule has 0 amide bonds. The number of nitrogens with zero attached hydrogens (tertiary/aromatic N) is 1. The second kappa shape index (κ2) is 4.82. The van der Waals surface area contributed by atoms with Gasteiger partial charge in [0, 0.05) is 17.5 Å². The Morgan fingerprint density at radius 3 is 3.00 bits per heavy atom. The summed E-state index contributed by atoms with van der Waals surface area (Å²) in [5.41, 5.74) is 3.18. The SMILES string of the molecule is CC(c1cccc(F)c1)n1ccc2c1CCCC2O. The predicted molar refractivity (Wildman–Crippen MR) is 72.5 cm³/mol. The standard InChI is InChI=1S/C16H18FNO/c1-11(12-4-2-5-13(17)10-12)18-9-8-14-15(18)6-3-7-16(14)19/h2,4-5,8-11,16,19H,3,6-7H2,1H3. The van der Waals surface area contributed by atoms with Gasteiger partial charge in [0.1, 0.15) is 5.82 Å². The number of aliphatic hydroxyl groups is 1. The van der Waals surface area contributed by atoms with Crippen LogP contribution in [0.15, 0.2) is 36.5 Å². The average Bonchev–Trinajstić information content (AvgIpc) is 2.83. The van der Waals surface area contributed by atoms with E-state index in [1.807, 2.05) is 18.3 Å². The third kappa shape index (κ3) is 2.19. The first kappa shape index (κ1) is 12.4. The van der Waals surface area contributed by atoms with Crippen molar-refractivity contribution in [1.29, 1.82) is 0 Å². The molecule has 0 spiro atoms. The van der Waals surface area contributed by atoms with Crippen LogP contribution in [0.1, 0.15) is 48.7 Å². The van der Waals surface area contributed by atoms with Crippen molar-refractivity contribution in [3.05, 3.63) is 59.2 Å². The summed E-state index contributed by atoms with van der Waals surface area (Å²) in [5, 5.41) is 10.00. The van der Waals surface area contributed by atoms with E-state index >= 15 is 0 Å². The Hall–Kier alpha value is -1.61. The number of halogens is 1. The number of aromatic nitrogens is 1. The minimum atomic E-state index is -0.343. The summed E-state index contributed by atoms with van der Waals surface area (Å²) in [6.45, 7) is 2.07. The molecule has 0 saturated heterocycles. The molecule has 1 aliphatic carbocycles. The number of hydrogen-bond donors (Lipinski definition) is 1. The van der Waals surface area contributed by atoms with Crippen molar-refractivity contribution >= 4 is 0 Å². The molecule has 1 aromatic carbocycles. The molecule has 3 rings (SSSR count). The number of rotatable bonds is 2.